The van der Waals surface area contributed by atoms with Crippen molar-refractivity contribution in [3.05, 3.63) is 84.4 Å². The molecule has 0 bridgehead atoms. The van der Waals surface area contributed by atoms with Crippen molar-refractivity contribution in [1.29, 1.82) is 0 Å². The Labute approximate surface area is 159 Å². The second-order valence-electron chi connectivity index (χ2n) is 6.62. The van der Waals surface area contributed by atoms with E-state index >= 15 is 0 Å². The van der Waals surface area contributed by atoms with Crippen LogP contribution in [0.2, 0.25) is 0 Å². The van der Waals surface area contributed by atoms with Gasteiger partial charge in [-0.2, -0.15) is 0 Å². The fraction of sp³-hybridized carbons (Fsp3) is 0.174. The smallest absolute Gasteiger partial charge is 0.265 e. The molecule has 136 valence electrons. The van der Waals surface area contributed by atoms with Gasteiger partial charge in [-0.25, -0.2) is 0 Å². The summed E-state index contributed by atoms with van der Waals surface area (Å²) in [6.45, 7) is 2.06. The molecule has 27 heavy (non-hydrogen) atoms. The van der Waals surface area contributed by atoms with Crippen LogP contribution >= 0.6 is 0 Å². The number of carbonyl (C=O) groups is 1. The molecule has 0 unspecified atom stereocenters. The molecule has 1 heterocycles. The average Bonchev–Trinajstić information content (AvgIpc) is 3.03. The Hall–Kier alpha value is -3.27. The van der Waals surface area contributed by atoms with Crippen molar-refractivity contribution >= 4 is 11.6 Å². The number of fused-ring (bicyclic) bond motifs is 1. The summed E-state index contributed by atoms with van der Waals surface area (Å²) in [5.74, 6) is 2.00. The normalized spacial score (nSPS) is 15.3. The highest BCUT2D eigenvalue weighted by molar-refractivity contribution is 5.97. The molecule has 1 aliphatic heterocycles. The van der Waals surface area contributed by atoms with E-state index in [1.807, 2.05) is 71.6 Å². The van der Waals surface area contributed by atoms with Crippen LogP contribution < -0.4 is 14.4 Å². The van der Waals surface area contributed by atoms with Gasteiger partial charge in [0.1, 0.15) is 17.2 Å². The summed E-state index contributed by atoms with van der Waals surface area (Å²) >= 11 is 0. The molecule has 0 fully saturated rings. The molecule has 3 aromatic rings. The molecule has 4 nitrogen and oxygen atoms in total. The summed E-state index contributed by atoms with van der Waals surface area (Å²) < 4.78 is 11.6. The van der Waals surface area contributed by atoms with Gasteiger partial charge in [-0.1, -0.05) is 42.5 Å². The first-order valence-electron chi connectivity index (χ1n) is 9.06. The number of hydrogen-bond donors (Lipinski definition) is 0. The third-order valence-corrected chi connectivity index (χ3v) is 4.62. The molecule has 0 spiro atoms. The average molecular weight is 359 g/mol. The fourth-order valence-corrected chi connectivity index (χ4v) is 3.41. The van der Waals surface area contributed by atoms with Gasteiger partial charge < -0.3 is 14.4 Å². The minimum Gasteiger partial charge on any atom is -0.484 e. The summed E-state index contributed by atoms with van der Waals surface area (Å²) in [5.41, 5.74) is 2.19. The zero-order chi connectivity index (χ0) is 18.6. The summed E-state index contributed by atoms with van der Waals surface area (Å²) in [6.07, 6.45) is 0.877. The Morgan fingerprint density at radius 1 is 0.926 bits per heavy atom. The van der Waals surface area contributed by atoms with Crippen LogP contribution in [-0.4, -0.2) is 18.6 Å². The molecule has 0 saturated heterocycles. The van der Waals surface area contributed by atoms with Crippen molar-refractivity contribution in [1.82, 2.24) is 0 Å². The molecule has 0 aliphatic carbocycles. The predicted molar refractivity (Wildman–Crippen MR) is 106 cm³/mol. The number of rotatable bonds is 5. The Bertz CT molecular complexity index is 939. The zero-order valence-corrected chi connectivity index (χ0v) is 15.2. The van der Waals surface area contributed by atoms with E-state index in [-0.39, 0.29) is 18.6 Å². The summed E-state index contributed by atoms with van der Waals surface area (Å²) in [6, 6.07) is 25.1. The van der Waals surface area contributed by atoms with Gasteiger partial charge in [0.05, 0.1) is 0 Å². The van der Waals surface area contributed by atoms with Crippen molar-refractivity contribution in [2.75, 3.05) is 11.5 Å². The molecule has 4 heteroatoms. The zero-order valence-electron chi connectivity index (χ0n) is 15.2. The molecule has 0 N–H and O–H groups in total. The lowest BCUT2D eigenvalue weighted by Gasteiger charge is -2.22. The second kappa shape index (κ2) is 7.54. The number of carbonyl (C=O) groups excluding carboxylic acids is 1. The highest BCUT2D eigenvalue weighted by Gasteiger charge is 2.30. The monoisotopic (exact) mass is 359 g/mol. The van der Waals surface area contributed by atoms with Crippen molar-refractivity contribution in [2.45, 2.75) is 19.4 Å². The van der Waals surface area contributed by atoms with Gasteiger partial charge in [0, 0.05) is 17.8 Å². The standard InChI is InChI=1S/C23H21NO3/c1-17-14-18-8-5-6-13-22(18)24(17)23(25)16-26-20-11-7-12-21(15-20)27-19-9-3-2-4-10-19/h2-13,15,17H,14,16H2,1H3/t17-/m1/s1. The largest absolute Gasteiger partial charge is 0.484 e. The Balaban J connectivity index is 1.42. The first-order chi connectivity index (χ1) is 13.2. The van der Waals surface area contributed by atoms with E-state index in [4.69, 9.17) is 9.47 Å². The maximum Gasteiger partial charge on any atom is 0.265 e. The SMILES string of the molecule is C[C@@H]1Cc2ccccc2N1C(=O)COc1cccc(Oc2ccccc2)c1. The Morgan fingerprint density at radius 2 is 1.63 bits per heavy atom. The lowest BCUT2D eigenvalue weighted by atomic mass is 10.1. The molecule has 0 radical (unpaired) electrons. The van der Waals surface area contributed by atoms with Crippen LogP contribution in [0.4, 0.5) is 5.69 Å². The van der Waals surface area contributed by atoms with Gasteiger partial charge >= 0.3 is 0 Å². The third-order valence-electron chi connectivity index (χ3n) is 4.62. The highest BCUT2D eigenvalue weighted by atomic mass is 16.5. The van der Waals surface area contributed by atoms with Crippen molar-refractivity contribution < 1.29 is 14.3 Å². The van der Waals surface area contributed by atoms with Gasteiger partial charge in [0.2, 0.25) is 0 Å². The fourth-order valence-electron chi connectivity index (χ4n) is 3.41. The van der Waals surface area contributed by atoms with E-state index in [0.717, 1.165) is 17.9 Å². The summed E-state index contributed by atoms with van der Waals surface area (Å²) in [4.78, 5) is 14.6. The topological polar surface area (TPSA) is 38.8 Å². The number of amides is 1. The van der Waals surface area contributed by atoms with Crippen LogP contribution in [0, 0.1) is 0 Å². The second-order valence-corrected chi connectivity index (χ2v) is 6.62. The Morgan fingerprint density at radius 3 is 2.48 bits per heavy atom. The molecule has 1 amide bonds. The Kier molecular flexibility index (Phi) is 4.79. The van der Waals surface area contributed by atoms with Crippen LogP contribution in [-0.2, 0) is 11.2 Å². The van der Waals surface area contributed by atoms with Crippen LogP contribution in [0.1, 0.15) is 12.5 Å². The van der Waals surface area contributed by atoms with E-state index in [0.29, 0.717) is 11.5 Å². The maximum atomic E-state index is 12.7. The van der Waals surface area contributed by atoms with E-state index in [1.165, 1.54) is 5.56 Å². The van der Waals surface area contributed by atoms with Crippen LogP contribution in [0.5, 0.6) is 17.2 Å². The summed E-state index contributed by atoms with van der Waals surface area (Å²) in [7, 11) is 0. The molecule has 1 atom stereocenters. The minimum absolute atomic E-state index is 0.00648. The van der Waals surface area contributed by atoms with E-state index in [9.17, 15) is 4.79 Å². The van der Waals surface area contributed by atoms with Crippen LogP contribution in [0.25, 0.3) is 0 Å². The first kappa shape index (κ1) is 17.2. The van der Waals surface area contributed by atoms with Crippen LogP contribution in [0.3, 0.4) is 0 Å². The van der Waals surface area contributed by atoms with Crippen molar-refractivity contribution in [2.24, 2.45) is 0 Å². The molecule has 3 aromatic carbocycles. The highest BCUT2D eigenvalue weighted by Crippen LogP contribution is 2.32. The molecular weight excluding hydrogens is 338 g/mol. The molecule has 1 aliphatic rings. The van der Waals surface area contributed by atoms with Crippen LogP contribution in [0.15, 0.2) is 78.9 Å². The van der Waals surface area contributed by atoms with Crippen molar-refractivity contribution in [3.8, 4) is 17.2 Å². The van der Waals surface area contributed by atoms with Gasteiger partial charge in [-0.05, 0) is 49.2 Å². The number of nitrogens with zero attached hydrogens (tertiary/aromatic N) is 1. The molecule has 0 saturated carbocycles. The number of para-hydroxylation sites is 2. The maximum absolute atomic E-state index is 12.7. The summed E-state index contributed by atoms with van der Waals surface area (Å²) in [5, 5.41) is 0. The molecular formula is C23H21NO3. The number of benzene rings is 3. The van der Waals surface area contributed by atoms with E-state index in [1.54, 1.807) is 6.07 Å². The third kappa shape index (κ3) is 3.80. The molecule has 4 rings (SSSR count). The number of ether oxygens (including phenoxy) is 2. The number of anilines is 1. The molecule has 0 aromatic heterocycles. The van der Waals surface area contributed by atoms with E-state index < -0.39 is 0 Å². The quantitative estimate of drug-likeness (QED) is 0.655. The minimum atomic E-state index is -0.0400. The van der Waals surface area contributed by atoms with E-state index in [2.05, 4.69) is 13.0 Å². The lowest BCUT2D eigenvalue weighted by Crippen LogP contribution is -2.39. The first-order valence-corrected chi connectivity index (χ1v) is 9.06. The van der Waals surface area contributed by atoms with Gasteiger partial charge in [-0.15, -0.1) is 0 Å². The van der Waals surface area contributed by atoms with Gasteiger partial charge in [-0.3, -0.25) is 4.79 Å². The lowest BCUT2D eigenvalue weighted by molar-refractivity contribution is -0.120. The van der Waals surface area contributed by atoms with Crippen molar-refractivity contribution in [3.63, 3.8) is 0 Å². The predicted octanol–water partition coefficient (Wildman–Crippen LogP) is 4.84. The van der Waals surface area contributed by atoms with Gasteiger partial charge in [0.25, 0.3) is 5.91 Å². The number of hydrogen-bond acceptors (Lipinski definition) is 3. The van der Waals surface area contributed by atoms with Gasteiger partial charge in [0.15, 0.2) is 6.61 Å².